The molecule has 0 aromatic carbocycles. The van der Waals surface area contributed by atoms with E-state index >= 15 is 0 Å². The molecule has 2 nitrogen and oxygen atoms in total. The highest BCUT2D eigenvalue weighted by Gasteiger charge is 1.95. The van der Waals surface area contributed by atoms with Crippen molar-refractivity contribution in [3.05, 3.63) is 0 Å². The first-order chi connectivity index (χ1) is 4.63. The van der Waals surface area contributed by atoms with E-state index in [1.165, 1.54) is 0 Å². The summed E-state index contributed by atoms with van der Waals surface area (Å²) in [5.74, 6) is 0. The third-order valence-corrected chi connectivity index (χ3v) is 1.56. The van der Waals surface area contributed by atoms with Gasteiger partial charge >= 0.3 is 0 Å². The third kappa shape index (κ3) is 7.77. The van der Waals surface area contributed by atoms with Crippen LogP contribution in [0.15, 0.2) is 0 Å². The largest absolute Gasteiger partial charge is 0.306 e. The van der Waals surface area contributed by atoms with E-state index in [0.717, 1.165) is 12.8 Å². The van der Waals surface area contributed by atoms with Gasteiger partial charge in [0.2, 0.25) is 0 Å². The van der Waals surface area contributed by atoms with Crippen molar-refractivity contribution in [2.45, 2.75) is 25.7 Å². The Labute approximate surface area is 67.2 Å². The molecular weight excluding hydrogens is 160 g/mol. The van der Waals surface area contributed by atoms with E-state index in [2.05, 4.69) is 20.5 Å². The summed E-state index contributed by atoms with van der Waals surface area (Å²) in [7, 11) is 5.70. The number of carbonyl (C=O) groups excluding carboxylic acids is 2. The van der Waals surface area contributed by atoms with Gasteiger partial charge in [-0.25, -0.2) is 0 Å². The number of hydrogen-bond donors (Lipinski definition) is 0. The van der Waals surface area contributed by atoms with E-state index in [-0.39, 0.29) is 10.8 Å². The zero-order valence-corrected chi connectivity index (χ0v) is 7.64. The van der Waals surface area contributed by atoms with Gasteiger partial charge in [0.25, 0.3) is 0 Å². The minimum Gasteiger partial charge on any atom is -0.306 e. The molecule has 0 rings (SSSR count). The Kier molecular flexibility index (Phi) is 5.42. The SMILES string of the molecule is O=C([Si])CCCCC(=O)[Si]. The molecule has 0 aliphatic carbocycles. The molecule has 6 radical (unpaired) electrons. The fourth-order valence-corrected chi connectivity index (χ4v) is 0.925. The Balaban J connectivity index is 3.06. The van der Waals surface area contributed by atoms with Crippen molar-refractivity contribution < 1.29 is 9.59 Å². The van der Waals surface area contributed by atoms with Gasteiger partial charge in [-0.15, -0.1) is 0 Å². The van der Waals surface area contributed by atoms with Gasteiger partial charge < -0.3 is 9.59 Å². The van der Waals surface area contributed by atoms with Crippen LogP contribution in [-0.4, -0.2) is 31.3 Å². The van der Waals surface area contributed by atoms with Crippen LogP contribution in [0.25, 0.3) is 0 Å². The van der Waals surface area contributed by atoms with Crippen LogP contribution in [0.4, 0.5) is 0 Å². The maximum Gasteiger partial charge on any atom is 0.126 e. The topological polar surface area (TPSA) is 34.1 Å². The third-order valence-electron chi connectivity index (χ3n) is 1.06. The zero-order valence-electron chi connectivity index (χ0n) is 5.64. The van der Waals surface area contributed by atoms with Gasteiger partial charge in [0.1, 0.15) is 31.3 Å². The van der Waals surface area contributed by atoms with Crippen LogP contribution in [0.3, 0.4) is 0 Å². The zero-order chi connectivity index (χ0) is 7.98. The second-order valence-electron chi connectivity index (χ2n) is 2.05. The van der Waals surface area contributed by atoms with Crippen molar-refractivity contribution in [2.75, 3.05) is 0 Å². The number of unbranched alkanes of at least 4 members (excludes halogenated alkanes) is 1. The van der Waals surface area contributed by atoms with Gasteiger partial charge in [-0.3, -0.25) is 0 Å². The average molecular weight is 168 g/mol. The smallest absolute Gasteiger partial charge is 0.126 e. The first kappa shape index (κ1) is 9.77. The van der Waals surface area contributed by atoms with E-state index in [1.807, 2.05) is 0 Å². The van der Waals surface area contributed by atoms with Crippen LogP contribution >= 0.6 is 0 Å². The molecule has 0 aliphatic rings. The molecule has 0 saturated carbocycles. The molecule has 4 heteroatoms. The predicted molar refractivity (Wildman–Crippen MR) is 40.0 cm³/mol. The summed E-state index contributed by atoms with van der Waals surface area (Å²) < 4.78 is 0. The fourth-order valence-electron chi connectivity index (χ4n) is 0.571. The summed E-state index contributed by atoms with van der Waals surface area (Å²) in [6.07, 6.45) is 2.57. The molecule has 0 fully saturated rings. The van der Waals surface area contributed by atoms with Crippen molar-refractivity contribution in [3.8, 4) is 0 Å². The molecule has 0 aromatic heterocycles. The highest BCUT2D eigenvalue weighted by atomic mass is 28.1. The van der Waals surface area contributed by atoms with E-state index in [4.69, 9.17) is 0 Å². The van der Waals surface area contributed by atoms with Gasteiger partial charge in [-0.1, -0.05) is 0 Å². The van der Waals surface area contributed by atoms with Gasteiger partial charge in [-0.05, 0) is 12.8 Å². The molecule has 0 saturated heterocycles. The standard InChI is InChI=1S/C6H8O2Si2/c7-5(9)3-1-2-4-6(8)10/h1-4H2. The van der Waals surface area contributed by atoms with Crippen molar-refractivity contribution in [1.82, 2.24) is 0 Å². The normalized spacial score (nSPS) is 9.40. The summed E-state index contributed by atoms with van der Waals surface area (Å²) in [6.45, 7) is 0. The molecule has 0 unspecified atom stereocenters. The minimum absolute atomic E-state index is 0.00130. The number of carbonyl (C=O) groups is 2. The van der Waals surface area contributed by atoms with Gasteiger partial charge in [0.15, 0.2) is 0 Å². The summed E-state index contributed by atoms with van der Waals surface area (Å²) in [5, 5.41) is 0.00261. The molecule has 10 heavy (non-hydrogen) atoms. The first-order valence-corrected chi connectivity index (χ1v) is 4.12. The lowest BCUT2D eigenvalue weighted by atomic mass is 10.2. The average Bonchev–Trinajstić information content (AvgIpc) is 1.79. The van der Waals surface area contributed by atoms with Gasteiger partial charge in [-0.2, -0.15) is 0 Å². The fraction of sp³-hybridized carbons (Fsp3) is 0.667. The monoisotopic (exact) mass is 168 g/mol. The summed E-state index contributed by atoms with van der Waals surface area (Å²) >= 11 is 0. The molecule has 0 bridgehead atoms. The van der Waals surface area contributed by atoms with E-state index in [9.17, 15) is 9.59 Å². The van der Waals surface area contributed by atoms with E-state index in [0.29, 0.717) is 12.8 Å². The Hall–Kier alpha value is -0.226. The summed E-state index contributed by atoms with van der Waals surface area (Å²) in [5.41, 5.74) is 0. The molecule has 0 amide bonds. The summed E-state index contributed by atoms with van der Waals surface area (Å²) in [4.78, 5) is 20.6. The second-order valence-corrected chi connectivity index (χ2v) is 3.17. The highest BCUT2D eigenvalue weighted by molar-refractivity contribution is 6.58. The molecule has 0 spiro atoms. The Bertz CT molecular complexity index is 118. The molecule has 0 N–H and O–H groups in total. The van der Waals surface area contributed by atoms with Crippen molar-refractivity contribution in [3.63, 3.8) is 0 Å². The molecule has 0 aromatic rings. The van der Waals surface area contributed by atoms with E-state index in [1.54, 1.807) is 0 Å². The Morgan fingerprint density at radius 1 is 0.900 bits per heavy atom. The Morgan fingerprint density at radius 3 is 1.40 bits per heavy atom. The second kappa shape index (κ2) is 5.55. The van der Waals surface area contributed by atoms with Gasteiger partial charge in [0.05, 0.1) is 0 Å². The van der Waals surface area contributed by atoms with Crippen molar-refractivity contribution in [2.24, 2.45) is 0 Å². The molecule has 52 valence electrons. The molecule has 0 aliphatic heterocycles. The lowest BCUT2D eigenvalue weighted by Gasteiger charge is -1.93. The molecule has 0 heterocycles. The highest BCUT2D eigenvalue weighted by Crippen LogP contribution is 1.98. The van der Waals surface area contributed by atoms with Crippen molar-refractivity contribution in [1.29, 1.82) is 0 Å². The van der Waals surface area contributed by atoms with Crippen LogP contribution in [0.2, 0.25) is 0 Å². The van der Waals surface area contributed by atoms with Gasteiger partial charge in [0, 0.05) is 12.8 Å². The lowest BCUT2D eigenvalue weighted by Crippen LogP contribution is -1.98. The predicted octanol–water partition coefficient (Wildman–Crippen LogP) is -0.0630. The van der Waals surface area contributed by atoms with Crippen LogP contribution < -0.4 is 0 Å². The minimum atomic E-state index is 0.00130. The molecule has 0 atom stereocenters. The molecular formula is C6H8O2Si2. The van der Waals surface area contributed by atoms with Crippen LogP contribution in [0.5, 0.6) is 0 Å². The summed E-state index contributed by atoms with van der Waals surface area (Å²) in [6, 6.07) is 0. The first-order valence-electron chi connectivity index (χ1n) is 3.12. The number of hydrogen-bond acceptors (Lipinski definition) is 2. The van der Waals surface area contributed by atoms with Crippen LogP contribution in [-0.2, 0) is 9.59 Å². The number of rotatable bonds is 5. The maximum absolute atomic E-state index is 10.3. The van der Waals surface area contributed by atoms with E-state index < -0.39 is 0 Å². The van der Waals surface area contributed by atoms with Crippen molar-refractivity contribution >= 4 is 31.3 Å². The van der Waals surface area contributed by atoms with Crippen LogP contribution in [0, 0.1) is 0 Å². The lowest BCUT2D eigenvalue weighted by molar-refractivity contribution is -0.113. The maximum atomic E-state index is 10.3. The van der Waals surface area contributed by atoms with Crippen LogP contribution in [0.1, 0.15) is 25.7 Å². The Morgan fingerprint density at radius 2 is 1.20 bits per heavy atom. The quantitative estimate of drug-likeness (QED) is 0.425.